The Morgan fingerprint density at radius 1 is 1.47 bits per heavy atom. The van der Waals surface area contributed by atoms with Gasteiger partial charge in [-0.25, -0.2) is 0 Å². The third-order valence-electron chi connectivity index (χ3n) is 1.79. The van der Waals surface area contributed by atoms with Gasteiger partial charge in [-0.2, -0.15) is 0 Å². The average molecular weight is 209 g/mol. The number of anilines is 2. The van der Waals surface area contributed by atoms with E-state index in [1.54, 1.807) is 13.1 Å². The van der Waals surface area contributed by atoms with E-state index in [0.717, 1.165) is 0 Å². The number of nitro groups is 1. The van der Waals surface area contributed by atoms with E-state index in [9.17, 15) is 14.9 Å². The summed E-state index contributed by atoms with van der Waals surface area (Å²) in [6.45, 7) is 1.30. The van der Waals surface area contributed by atoms with Crippen molar-refractivity contribution in [2.24, 2.45) is 0 Å². The number of hydrogen-bond acceptors (Lipinski definition) is 4. The number of hydrogen-bond donors (Lipinski definition) is 2. The number of amides is 1. The summed E-state index contributed by atoms with van der Waals surface area (Å²) in [5, 5.41) is 15.9. The number of benzene rings is 1. The molecule has 0 aliphatic heterocycles. The van der Waals surface area contributed by atoms with Crippen molar-refractivity contribution in [2.45, 2.75) is 6.92 Å². The lowest BCUT2D eigenvalue weighted by molar-refractivity contribution is -0.383. The minimum absolute atomic E-state index is 0.121. The molecule has 0 heterocycles. The largest absolute Gasteiger partial charge is 0.388 e. The van der Waals surface area contributed by atoms with Crippen LogP contribution in [0.2, 0.25) is 0 Å². The lowest BCUT2D eigenvalue weighted by Gasteiger charge is -2.06. The van der Waals surface area contributed by atoms with Crippen LogP contribution in [-0.2, 0) is 4.79 Å². The van der Waals surface area contributed by atoms with Crippen molar-refractivity contribution in [1.29, 1.82) is 0 Å². The Morgan fingerprint density at radius 2 is 2.13 bits per heavy atom. The predicted octanol–water partition coefficient (Wildman–Crippen LogP) is 1.59. The average Bonchev–Trinajstić information content (AvgIpc) is 2.16. The number of nitro benzene ring substituents is 1. The van der Waals surface area contributed by atoms with Crippen LogP contribution in [0.3, 0.4) is 0 Å². The highest BCUT2D eigenvalue weighted by Crippen LogP contribution is 2.27. The van der Waals surface area contributed by atoms with Gasteiger partial charge in [0.1, 0.15) is 5.69 Å². The van der Waals surface area contributed by atoms with Crippen LogP contribution in [0.25, 0.3) is 0 Å². The second-order valence-electron chi connectivity index (χ2n) is 2.92. The van der Waals surface area contributed by atoms with Crippen LogP contribution in [-0.4, -0.2) is 17.9 Å². The molecule has 0 radical (unpaired) electrons. The predicted molar refractivity (Wildman–Crippen MR) is 56.9 cm³/mol. The molecule has 1 aromatic carbocycles. The maximum Gasteiger partial charge on any atom is 0.292 e. The van der Waals surface area contributed by atoms with Crippen molar-refractivity contribution < 1.29 is 9.72 Å². The summed E-state index contributed by atoms with van der Waals surface area (Å²) in [4.78, 5) is 20.9. The maximum atomic E-state index is 10.8. The first-order chi connectivity index (χ1) is 7.04. The lowest BCUT2D eigenvalue weighted by atomic mass is 10.2. The van der Waals surface area contributed by atoms with E-state index in [0.29, 0.717) is 5.69 Å². The van der Waals surface area contributed by atoms with E-state index < -0.39 is 4.92 Å². The number of rotatable bonds is 3. The van der Waals surface area contributed by atoms with Gasteiger partial charge in [-0.3, -0.25) is 14.9 Å². The summed E-state index contributed by atoms with van der Waals surface area (Å²) in [7, 11) is 1.69. The van der Waals surface area contributed by atoms with Crippen molar-refractivity contribution in [3.63, 3.8) is 0 Å². The summed E-state index contributed by atoms with van der Waals surface area (Å²) in [6, 6.07) is 4.43. The zero-order valence-corrected chi connectivity index (χ0v) is 8.40. The Balaban J connectivity index is 3.16. The molecular weight excluding hydrogens is 198 g/mol. The highest BCUT2D eigenvalue weighted by molar-refractivity contribution is 5.92. The molecule has 0 bridgehead atoms. The quantitative estimate of drug-likeness (QED) is 0.584. The molecule has 0 fully saturated rings. The molecular formula is C9H11N3O3. The summed E-state index contributed by atoms with van der Waals surface area (Å²) < 4.78 is 0. The van der Waals surface area contributed by atoms with Gasteiger partial charge in [0.15, 0.2) is 0 Å². The van der Waals surface area contributed by atoms with Crippen LogP contribution >= 0.6 is 0 Å². The van der Waals surface area contributed by atoms with E-state index in [1.807, 2.05) is 0 Å². The van der Waals surface area contributed by atoms with E-state index in [1.165, 1.54) is 19.1 Å². The zero-order chi connectivity index (χ0) is 11.4. The molecule has 1 amide bonds. The van der Waals surface area contributed by atoms with Crippen molar-refractivity contribution in [3.8, 4) is 0 Å². The summed E-state index contributed by atoms with van der Waals surface area (Å²) in [5.41, 5.74) is 0.771. The van der Waals surface area contributed by atoms with Gasteiger partial charge in [-0.1, -0.05) is 0 Å². The highest BCUT2D eigenvalue weighted by atomic mass is 16.6. The molecule has 1 aromatic rings. The third kappa shape index (κ3) is 2.67. The first kappa shape index (κ1) is 11.0. The van der Waals surface area contributed by atoms with Crippen LogP contribution in [0.5, 0.6) is 0 Å². The SMILES string of the molecule is CNc1ccc([N+](=O)[O-])c(NC(C)=O)c1. The van der Waals surface area contributed by atoms with Gasteiger partial charge in [0, 0.05) is 25.7 Å². The molecule has 0 saturated carbocycles. The third-order valence-corrected chi connectivity index (χ3v) is 1.79. The van der Waals surface area contributed by atoms with Gasteiger partial charge < -0.3 is 10.6 Å². The number of carbonyl (C=O) groups is 1. The number of carbonyl (C=O) groups excluding carboxylic acids is 1. The second-order valence-corrected chi connectivity index (χ2v) is 2.92. The molecule has 0 aliphatic carbocycles. The van der Waals surface area contributed by atoms with Gasteiger partial charge in [-0.15, -0.1) is 0 Å². The number of nitrogens with one attached hydrogen (secondary N) is 2. The van der Waals surface area contributed by atoms with Gasteiger partial charge >= 0.3 is 0 Å². The minimum Gasteiger partial charge on any atom is -0.388 e. The Hall–Kier alpha value is -2.11. The van der Waals surface area contributed by atoms with Crippen LogP contribution in [0.15, 0.2) is 18.2 Å². The fourth-order valence-electron chi connectivity index (χ4n) is 1.14. The van der Waals surface area contributed by atoms with Gasteiger partial charge in [0.2, 0.25) is 5.91 Å². The zero-order valence-electron chi connectivity index (χ0n) is 8.40. The topological polar surface area (TPSA) is 84.3 Å². The molecule has 0 spiro atoms. The van der Waals surface area contributed by atoms with Crippen LogP contribution in [0.1, 0.15) is 6.92 Å². The normalized spacial score (nSPS) is 9.47. The van der Waals surface area contributed by atoms with Gasteiger partial charge in [-0.05, 0) is 12.1 Å². The van der Waals surface area contributed by atoms with Gasteiger partial charge in [0.25, 0.3) is 5.69 Å². The smallest absolute Gasteiger partial charge is 0.292 e. The van der Waals surface area contributed by atoms with Crippen LogP contribution in [0, 0.1) is 10.1 Å². The van der Waals surface area contributed by atoms with Crippen molar-refractivity contribution in [3.05, 3.63) is 28.3 Å². The molecule has 80 valence electrons. The van der Waals surface area contributed by atoms with E-state index in [2.05, 4.69) is 10.6 Å². The first-order valence-corrected chi connectivity index (χ1v) is 4.28. The summed E-state index contributed by atoms with van der Waals surface area (Å²) >= 11 is 0. The van der Waals surface area contributed by atoms with Gasteiger partial charge in [0.05, 0.1) is 4.92 Å². The van der Waals surface area contributed by atoms with E-state index >= 15 is 0 Å². The standard InChI is InChI=1S/C9H11N3O3/c1-6(13)11-8-5-7(10-2)3-4-9(8)12(14)15/h3-5,10H,1-2H3,(H,11,13). The van der Waals surface area contributed by atoms with E-state index in [4.69, 9.17) is 0 Å². The number of nitrogens with zero attached hydrogens (tertiary/aromatic N) is 1. The molecule has 0 aliphatic rings. The van der Waals surface area contributed by atoms with Crippen molar-refractivity contribution in [1.82, 2.24) is 0 Å². The van der Waals surface area contributed by atoms with Crippen LogP contribution < -0.4 is 10.6 Å². The first-order valence-electron chi connectivity index (χ1n) is 4.28. The molecule has 1 rings (SSSR count). The molecule has 15 heavy (non-hydrogen) atoms. The molecule has 0 atom stereocenters. The second kappa shape index (κ2) is 4.41. The molecule has 0 aromatic heterocycles. The van der Waals surface area contributed by atoms with E-state index in [-0.39, 0.29) is 17.3 Å². The lowest BCUT2D eigenvalue weighted by Crippen LogP contribution is -2.08. The molecule has 2 N–H and O–H groups in total. The molecule has 0 unspecified atom stereocenters. The minimum atomic E-state index is -0.537. The Bertz CT molecular complexity index is 404. The molecule has 0 saturated heterocycles. The Morgan fingerprint density at radius 3 is 2.60 bits per heavy atom. The Kier molecular flexibility index (Phi) is 3.22. The van der Waals surface area contributed by atoms with Crippen LogP contribution in [0.4, 0.5) is 17.1 Å². The van der Waals surface area contributed by atoms with Crippen molar-refractivity contribution >= 4 is 23.0 Å². The summed E-state index contributed by atoms with van der Waals surface area (Å²) in [5.74, 6) is -0.341. The Labute approximate surface area is 86.4 Å². The fourth-order valence-corrected chi connectivity index (χ4v) is 1.14. The summed E-state index contributed by atoms with van der Waals surface area (Å²) in [6.07, 6.45) is 0. The monoisotopic (exact) mass is 209 g/mol. The highest BCUT2D eigenvalue weighted by Gasteiger charge is 2.14. The fraction of sp³-hybridized carbons (Fsp3) is 0.222. The molecule has 6 heteroatoms. The molecule has 6 nitrogen and oxygen atoms in total. The van der Waals surface area contributed by atoms with Crippen molar-refractivity contribution in [2.75, 3.05) is 17.7 Å². The maximum absolute atomic E-state index is 10.8.